The molecule has 1 aliphatic rings. The highest BCUT2D eigenvalue weighted by Crippen LogP contribution is 2.42. The summed E-state index contributed by atoms with van der Waals surface area (Å²) in [5.41, 5.74) is 16.3. The van der Waals surface area contributed by atoms with Gasteiger partial charge in [-0.05, 0) is 92.8 Å². The van der Waals surface area contributed by atoms with Crippen LogP contribution in [-0.2, 0) is 6.42 Å². The van der Waals surface area contributed by atoms with Crippen molar-refractivity contribution in [2.24, 2.45) is 0 Å². The summed E-state index contributed by atoms with van der Waals surface area (Å²) in [5, 5.41) is 4.76. The van der Waals surface area contributed by atoms with Crippen molar-refractivity contribution in [1.29, 1.82) is 0 Å². The molecular weight excluding hydrogens is 641 g/mol. The van der Waals surface area contributed by atoms with E-state index in [0.717, 1.165) is 63.6 Å². The quantitative estimate of drug-likeness (QED) is 0.173. The van der Waals surface area contributed by atoms with E-state index < -0.39 is 0 Å². The van der Waals surface area contributed by atoms with Crippen LogP contribution in [0, 0.1) is 0 Å². The number of hydrogen-bond acceptors (Lipinski definition) is 2. The van der Waals surface area contributed by atoms with Gasteiger partial charge in [-0.3, -0.25) is 0 Å². The molecule has 0 spiro atoms. The highest BCUT2D eigenvalue weighted by Gasteiger charge is 2.19. The van der Waals surface area contributed by atoms with Crippen molar-refractivity contribution in [3.8, 4) is 44.8 Å². The van der Waals surface area contributed by atoms with E-state index in [0.29, 0.717) is 0 Å². The van der Waals surface area contributed by atoms with Gasteiger partial charge in [-0.1, -0.05) is 164 Å². The van der Waals surface area contributed by atoms with Gasteiger partial charge >= 0.3 is 0 Å². The second kappa shape index (κ2) is 13.2. The zero-order chi connectivity index (χ0) is 35.1. The fraction of sp³-hybridized carbons (Fsp3) is 0.0588. The van der Waals surface area contributed by atoms with Crippen molar-refractivity contribution in [1.82, 2.24) is 9.97 Å². The SMILES string of the molecule is C1=C(c2cccc(-c3ccc(-c4ccc5ccc6ccc(-c7ccccc7)nc6c5n4)cc3)c2)c2ccc3ccccc3c2-c2ccccc2CCC1. The number of nitrogens with zero attached hydrogens (tertiary/aromatic N) is 2. The minimum absolute atomic E-state index is 0.925. The molecule has 0 radical (unpaired) electrons. The maximum atomic E-state index is 5.20. The summed E-state index contributed by atoms with van der Waals surface area (Å²) >= 11 is 0. The first kappa shape index (κ1) is 31.1. The number of hydrogen-bond donors (Lipinski definition) is 0. The van der Waals surface area contributed by atoms with E-state index in [9.17, 15) is 0 Å². The standard InChI is InChI=1S/C51H36N2/c1-2-14-37(15-3-1)47-31-28-39-25-26-40-29-32-48(53-51(40)50(39)52-47)38-23-21-34(22-24-38)41-16-10-17-42(33-41)43-18-7-4-11-35-12-5-8-19-44(35)49-45-20-9-6-13-36(45)27-30-46(43)49/h1-3,5-6,8-10,12-33H,4,7,11H2. The Kier molecular flexibility index (Phi) is 7.73. The molecule has 9 aromatic rings. The topological polar surface area (TPSA) is 25.8 Å². The fourth-order valence-electron chi connectivity index (χ4n) is 8.09. The summed E-state index contributed by atoms with van der Waals surface area (Å²) in [5.74, 6) is 0. The van der Waals surface area contributed by atoms with Crippen LogP contribution in [0.25, 0.3) is 82.9 Å². The smallest absolute Gasteiger partial charge is 0.0972 e. The summed E-state index contributed by atoms with van der Waals surface area (Å²) < 4.78 is 0. The van der Waals surface area contributed by atoms with Crippen LogP contribution < -0.4 is 0 Å². The molecule has 0 fully saturated rings. The van der Waals surface area contributed by atoms with Gasteiger partial charge in [0.05, 0.1) is 22.4 Å². The van der Waals surface area contributed by atoms with E-state index in [1.165, 1.54) is 55.3 Å². The van der Waals surface area contributed by atoms with E-state index in [1.54, 1.807) is 0 Å². The Morgan fingerprint density at radius 3 is 1.79 bits per heavy atom. The van der Waals surface area contributed by atoms with Gasteiger partial charge in [0, 0.05) is 21.9 Å². The molecule has 1 aliphatic carbocycles. The number of allylic oxidation sites excluding steroid dienone is 1. The lowest BCUT2D eigenvalue weighted by Crippen LogP contribution is -1.96. The first-order chi connectivity index (χ1) is 26.3. The van der Waals surface area contributed by atoms with Crippen molar-refractivity contribution in [2.75, 3.05) is 0 Å². The highest BCUT2D eigenvalue weighted by molar-refractivity contribution is 6.06. The van der Waals surface area contributed by atoms with E-state index in [2.05, 4.69) is 176 Å². The molecular formula is C51H36N2. The van der Waals surface area contributed by atoms with E-state index >= 15 is 0 Å². The Hall–Kier alpha value is -6.64. The van der Waals surface area contributed by atoms with Gasteiger partial charge in [-0.25, -0.2) is 9.97 Å². The van der Waals surface area contributed by atoms with Crippen LogP contribution in [0.3, 0.4) is 0 Å². The first-order valence-electron chi connectivity index (χ1n) is 18.5. The molecule has 2 heterocycles. The van der Waals surface area contributed by atoms with Gasteiger partial charge in [-0.2, -0.15) is 0 Å². The van der Waals surface area contributed by atoms with Crippen LogP contribution in [0.5, 0.6) is 0 Å². The molecule has 0 atom stereocenters. The van der Waals surface area contributed by atoms with Gasteiger partial charge in [0.2, 0.25) is 0 Å². The molecule has 0 aliphatic heterocycles. The molecule has 10 rings (SSSR count). The summed E-state index contributed by atoms with van der Waals surface area (Å²) in [6.07, 6.45) is 5.69. The molecule has 7 aromatic carbocycles. The van der Waals surface area contributed by atoms with Crippen molar-refractivity contribution < 1.29 is 0 Å². The Bertz CT molecular complexity index is 2850. The first-order valence-corrected chi connectivity index (χ1v) is 18.5. The Labute approximate surface area is 309 Å². The van der Waals surface area contributed by atoms with Crippen LogP contribution in [-0.4, -0.2) is 9.97 Å². The molecule has 0 unspecified atom stereocenters. The van der Waals surface area contributed by atoms with Gasteiger partial charge < -0.3 is 0 Å². The van der Waals surface area contributed by atoms with Crippen LogP contribution in [0.1, 0.15) is 29.5 Å². The summed E-state index contributed by atoms with van der Waals surface area (Å²) in [6, 6.07) is 63.5. The van der Waals surface area contributed by atoms with Crippen molar-refractivity contribution in [3.63, 3.8) is 0 Å². The molecule has 0 N–H and O–H groups in total. The van der Waals surface area contributed by atoms with Gasteiger partial charge in [0.25, 0.3) is 0 Å². The third-order valence-corrected chi connectivity index (χ3v) is 10.8. The molecule has 53 heavy (non-hydrogen) atoms. The predicted molar refractivity (Wildman–Crippen MR) is 223 cm³/mol. The van der Waals surface area contributed by atoms with E-state index in [1.807, 2.05) is 6.07 Å². The highest BCUT2D eigenvalue weighted by atomic mass is 14.8. The maximum absolute atomic E-state index is 5.20. The molecule has 2 aromatic heterocycles. The normalized spacial score (nSPS) is 12.8. The van der Waals surface area contributed by atoms with E-state index in [-0.39, 0.29) is 0 Å². The van der Waals surface area contributed by atoms with Crippen LogP contribution >= 0.6 is 0 Å². The van der Waals surface area contributed by atoms with Crippen molar-refractivity contribution in [3.05, 3.63) is 199 Å². The Morgan fingerprint density at radius 2 is 1.00 bits per heavy atom. The summed E-state index contributed by atoms with van der Waals surface area (Å²) in [7, 11) is 0. The van der Waals surface area contributed by atoms with E-state index in [4.69, 9.17) is 9.97 Å². The number of fused-ring (bicyclic) bond motifs is 8. The van der Waals surface area contributed by atoms with Crippen molar-refractivity contribution in [2.45, 2.75) is 19.3 Å². The second-order valence-corrected chi connectivity index (χ2v) is 14.0. The third-order valence-electron chi connectivity index (χ3n) is 10.8. The number of aryl methyl sites for hydroxylation is 1. The lowest BCUT2D eigenvalue weighted by Gasteiger charge is -2.19. The van der Waals surface area contributed by atoms with Crippen LogP contribution in [0.4, 0.5) is 0 Å². The molecule has 0 saturated heterocycles. The minimum Gasteiger partial charge on any atom is -0.245 e. The van der Waals surface area contributed by atoms with Crippen molar-refractivity contribution >= 4 is 38.2 Å². The number of benzene rings is 7. The Balaban J connectivity index is 1.02. The molecule has 0 saturated carbocycles. The van der Waals surface area contributed by atoms with Crippen LogP contribution in [0.15, 0.2) is 182 Å². The van der Waals surface area contributed by atoms with Gasteiger partial charge in [-0.15, -0.1) is 0 Å². The average Bonchev–Trinajstić information content (AvgIpc) is 3.31. The number of rotatable bonds is 4. The number of aromatic nitrogens is 2. The van der Waals surface area contributed by atoms with Gasteiger partial charge in [0.1, 0.15) is 0 Å². The van der Waals surface area contributed by atoms with Crippen LogP contribution in [0.2, 0.25) is 0 Å². The summed E-state index contributed by atoms with van der Waals surface area (Å²) in [6.45, 7) is 0. The molecule has 250 valence electrons. The largest absolute Gasteiger partial charge is 0.245 e. The lowest BCUT2D eigenvalue weighted by molar-refractivity contribution is 0.846. The molecule has 2 nitrogen and oxygen atoms in total. The molecule has 0 amide bonds. The zero-order valence-corrected chi connectivity index (χ0v) is 29.3. The minimum atomic E-state index is 0.925. The lowest BCUT2D eigenvalue weighted by atomic mass is 9.85. The molecule has 2 heteroatoms. The Morgan fingerprint density at radius 1 is 0.396 bits per heavy atom. The predicted octanol–water partition coefficient (Wildman–Crippen LogP) is 13.4. The number of pyridine rings is 2. The summed E-state index contributed by atoms with van der Waals surface area (Å²) in [4.78, 5) is 10.3. The fourth-order valence-corrected chi connectivity index (χ4v) is 8.09. The maximum Gasteiger partial charge on any atom is 0.0972 e. The third kappa shape index (κ3) is 5.70. The monoisotopic (exact) mass is 676 g/mol. The zero-order valence-electron chi connectivity index (χ0n) is 29.3. The average molecular weight is 677 g/mol. The molecule has 0 bridgehead atoms. The second-order valence-electron chi connectivity index (χ2n) is 14.0. The van der Waals surface area contributed by atoms with Gasteiger partial charge in [0.15, 0.2) is 0 Å².